The highest BCUT2D eigenvalue weighted by Gasteiger charge is 2.31. The lowest BCUT2D eigenvalue weighted by molar-refractivity contribution is 0.196. The fraction of sp³-hybridized carbons (Fsp3) is 0.562. The minimum absolute atomic E-state index is 0.244. The Morgan fingerprint density at radius 2 is 2.11 bits per heavy atom. The summed E-state index contributed by atoms with van der Waals surface area (Å²) in [5, 5.41) is 0. The molecule has 2 aliphatic rings. The second-order valence-corrected chi connectivity index (χ2v) is 5.85. The first-order valence-corrected chi connectivity index (χ1v) is 7.39. The zero-order valence-corrected chi connectivity index (χ0v) is 11.3. The quantitative estimate of drug-likeness (QED) is 0.870. The molecule has 1 aromatic rings. The van der Waals surface area contributed by atoms with Gasteiger partial charge in [-0.25, -0.2) is 4.79 Å². The summed E-state index contributed by atoms with van der Waals surface area (Å²) in [7, 11) is 0. The van der Waals surface area contributed by atoms with E-state index >= 15 is 0 Å². The number of aryl methyl sites for hydroxylation is 1. The summed E-state index contributed by atoms with van der Waals surface area (Å²) in [5.41, 5.74) is 8.48. The summed E-state index contributed by atoms with van der Waals surface area (Å²) >= 11 is 0. The number of amides is 2. The van der Waals surface area contributed by atoms with E-state index in [1.54, 1.807) is 0 Å². The van der Waals surface area contributed by atoms with Gasteiger partial charge in [-0.15, -0.1) is 0 Å². The summed E-state index contributed by atoms with van der Waals surface area (Å²) in [6.45, 7) is 0.842. The highest BCUT2D eigenvalue weighted by molar-refractivity contribution is 5.72. The predicted octanol–water partition coefficient (Wildman–Crippen LogP) is 3.04. The van der Waals surface area contributed by atoms with Gasteiger partial charge < -0.3 is 10.6 Å². The van der Waals surface area contributed by atoms with Crippen molar-refractivity contribution in [3.63, 3.8) is 0 Å². The Balaban J connectivity index is 1.76. The van der Waals surface area contributed by atoms with Gasteiger partial charge in [0, 0.05) is 12.6 Å². The van der Waals surface area contributed by atoms with Gasteiger partial charge in [-0.3, -0.25) is 0 Å². The Morgan fingerprint density at radius 3 is 2.95 bits per heavy atom. The molecular formula is C16H22N2O. The Kier molecular flexibility index (Phi) is 3.45. The lowest BCUT2D eigenvalue weighted by Gasteiger charge is -2.31. The van der Waals surface area contributed by atoms with E-state index in [9.17, 15) is 4.79 Å². The van der Waals surface area contributed by atoms with Gasteiger partial charge in [-0.1, -0.05) is 24.3 Å². The van der Waals surface area contributed by atoms with E-state index in [2.05, 4.69) is 24.3 Å². The molecule has 0 radical (unpaired) electrons. The van der Waals surface area contributed by atoms with Crippen molar-refractivity contribution in [1.29, 1.82) is 0 Å². The van der Waals surface area contributed by atoms with E-state index in [1.165, 1.54) is 30.4 Å². The molecule has 1 aliphatic carbocycles. The molecule has 2 amide bonds. The van der Waals surface area contributed by atoms with E-state index < -0.39 is 0 Å². The zero-order valence-electron chi connectivity index (χ0n) is 11.3. The van der Waals surface area contributed by atoms with Crippen LogP contribution in [-0.4, -0.2) is 23.5 Å². The lowest BCUT2D eigenvalue weighted by Crippen LogP contribution is -2.40. The molecule has 102 valence electrons. The lowest BCUT2D eigenvalue weighted by atomic mass is 9.79. The molecule has 0 aromatic heterocycles. The van der Waals surface area contributed by atoms with Gasteiger partial charge in [0.05, 0.1) is 0 Å². The Bertz CT molecular complexity index is 472. The molecule has 1 aromatic carbocycles. The smallest absolute Gasteiger partial charge is 0.315 e. The van der Waals surface area contributed by atoms with Crippen molar-refractivity contribution in [2.45, 2.75) is 50.5 Å². The van der Waals surface area contributed by atoms with Crippen LogP contribution < -0.4 is 5.73 Å². The van der Waals surface area contributed by atoms with Crippen LogP contribution in [-0.2, 0) is 6.42 Å². The average molecular weight is 258 g/mol. The zero-order chi connectivity index (χ0) is 13.2. The molecule has 3 nitrogen and oxygen atoms in total. The molecule has 0 unspecified atom stereocenters. The Labute approximate surface area is 114 Å². The van der Waals surface area contributed by atoms with Crippen molar-refractivity contribution in [2.75, 3.05) is 6.54 Å². The van der Waals surface area contributed by atoms with Crippen LogP contribution in [0.1, 0.15) is 49.1 Å². The van der Waals surface area contributed by atoms with Gasteiger partial charge in [-0.2, -0.15) is 0 Å². The van der Waals surface area contributed by atoms with E-state index in [-0.39, 0.29) is 6.03 Å². The summed E-state index contributed by atoms with van der Waals surface area (Å²) in [4.78, 5) is 13.3. The van der Waals surface area contributed by atoms with Crippen LogP contribution >= 0.6 is 0 Å². The third-order valence-electron chi connectivity index (χ3n) is 4.71. The topological polar surface area (TPSA) is 46.3 Å². The van der Waals surface area contributed by atoms with Crippen molar-refractivity contribution < 1.29 is 4.79 Å². The molecule has 0 saturated carbocycles. The maximum Gasteiger partial charge on any atom is 0.315 e. The van der Waals surface area contributed by atoms with Crippen LogP contribution in [0.2, 0.25) is 0 Å². The molecule has 1 heterocycles. The third-order valence-corrected chi connectivity index (χ3v) is 4.71. The number of nitrogens with two attached hydrogens (primary N) is 1. The predicted molar refractivity (Wildman–Crippen MR) is 76.0 cm³/mol. The maximum absolute atomic E-state index is 11.4. The molecule has 3 heteroatoms. The summed E-state index contributed by atoms with van der Waals surface area (Å²) in [5.74, 6) is 0.606. The first-order chi connectivity index (χ1) is 9.25. The van der Waals surface area contributed by atoms with Crippen molar-refractivity contribution >= 4 is 6.03 Å². The molecule has 19 heavy (non-hydrogen) atoms. The number of benzene rings is 1. The van der Waals surface area contributed by atoms with Crippen molar-refractivity contribution in [3.8, 4) is 0 Å². The van der Waals surface area contributed by atoms with E-state index in [4.69, 9.17) is 5.73 Å². The van der Waals surface area contributed by atoms with Crippen molar-refractivity contribution in [3.05, 3.63) is 35.4 Å². The average Bonchev–Trinajstić information content (AvgIpc) is 2.87. The highest BCUT2D eigenvalue weighted by Crippen LogP contribution is 2.37. The van der Waals surface area contributed by atoms with Gasteiger partial charge in [0.1, 0.15) is 0 Å². The monoisotopic (exact) mass is 258 g/mol. The molecule has 2 N–H and O–H groups in total. The molecule has 2 atom stereocenters. The minimum Gasteiger partial charge on any atom is -0.351 e. The molecule has 1 aliphatic heterocycles. The SMILES string of the molecule is NC(=O)N1CCC[C@@H]1C[C@@H]1CCCc2ccccc21. The van der Waals surface area contributed by atoms with Gasteiger partial charge in [0.25, 0.3) is 0 Å². The van der Waals surface area contributed by atoms with E-state index in [0.717, 1.165) is 25.8 Å². The first kappa shape index (κ1) is 12.5. The van der Waals surface area contributed by atoms with Gasteiger partial charge in [0.2, 0.25) is 0 Å². The molecular weight excluding hydrogens is 236 g/mol. The van der Waals surface area contributed by atoms with Crippen molar-refractivity contribution in [2.24, 2.45) is 5.73 Å². The number of carbonyl (C=O) groups excluding carboxylic acids is 1. The van der Waals surface area contributed by atoms with Gasteiger partial charge in [-0.05, 0) is 55.6 Å². The fourth-order valence-corrected chi connectivity index (χ4v) is 3.80. The van der Waals surface area contributed by atoms with Crippen LogP contribution in [0.4, 0.5) is 4.79 Å². The number of hydrogen-bond acceptors (Lipinski definition) is 1. The number of rotatable bonds is 2. The van der Waals surface area contributed by atoms with Gasteiger partial charge >= 0.3 is 6.03 Å². The van der Waals surface area contributed by atoms with E-state index in [0.29, 0.717) is 12.0 Å². The second-order valence-electron chi connectivity index (χ2n) is 5.85. The van der Waals surface area contributed by atoms with Gasteiger partial charge in [0.15, 0.2) is 0 Å². The molecule has 3 rings (SSSR count). The standard InChI is InChI=1S/C16H22N2O/c17-16(19)18-10-4-8-14(18)11-13-7-3-6-12-5-1-2-9-15(12)13/h1-2,5,9,13-14H,3-4,6-8,10-11H2,(H2,17,19)/t13-,14+/m0/s1. The summed E-state index contributed by atoms with van der Waals surface area (Å²) in [6.07, 6.45) is 7.02. The molecule has 0 spiro atoms. The number of carbonyl (C=O) groups is 1. The number of hydrogen-bond donors (Lipinski definition) is 1. The van der Waals surface area contributed by atoms with Crippen LogP contribution in [0.25, 0.3) is 0 Å². The first-order valence-electron chi connectivity index (χ1n) is 7.39. The van der Waals surface area contributed by atoms with Crippen LogP contribution in [0.5, 0.6) is 0 Å². The highest BCUT2D eigenvalue weighted by atomic mass is 16.2. The third kappa shape index (κ3) is 2.46. The number of likely N-dealkylation sites (tertiary alicyclic amines) is 1. The molecule has 1 fully saturated rings. The van der Waals surface area contributed by atoms with Crippen molar-refractivity contribution in [1.82, 2.24) is 4.90 Å². The molecule has 1 saturated heterocycles. The second kappa shape index (κ2) is 5.24. The van der Waals surface area contributed by atoms with Crippen LogP contribution in [0.15, 0.2) is 24.3 Å². The Morgan fingerprint density at radius 1 is 1.26 bits per heavy atom. The molecule has 0 bridgehead atoms. The largest absolute Gasteiger partial charge is 0.351 e. The minimum atomic E-state index is -0.244. The Hall–Kier alpha value is -1.51. The van der Waals surface area contributed by atoms with Crippen LogP contribution in [0, 0.1) is 0 Å². The number of primary amides is 1. The normalized spacial score (nSPS) is 26.2. The fourth-order valence-electron chi connectivity index (χ4n) is 3.80. The summed E-state index contributed by atoms with van der Waals surface area (Å²) in [6, 6.07) is 8.90. The number of fused-ring (bicyclic) bond motifs is 1. The maximum atomic E-state index is 11.4. The number of nitrogens with zero attached hydrogens (tertiary/aromatic N) is 1. The van der Waals surface area contributed by atoms with E-state index in [1.807, 2.05) is 4.90 Å². The van der Waals surface area contributed by atoms with Crippen LogP contribution in [0.3, 0.4) is 0 Å². The number of urea groups is 1. The summed E-state index contributed by atoms with van der Waals surface area (Å²) < 4.78 is 0.